The predicted molar refractivity (Wildman–Crippen MR) is 73.6 cm³/mol. The molecule has 1 saturated heterocycles. The standard InChI is InChI=1S/C13H16N4O3/c18-17(19)11-1-2-12-13(9-11)16(10-14-12)4-3-15-5-7-20-8-6-15/h1-2,9-10H,3-8H2. The van der Waals surface area contributed by atoms with Crippen LogP contribution >= 0.6 is 0 Å². The third-order valence-electron chi connectivity index (χ3n) is 3.58. The van der Waals surface area contributed by atoms with Gasteiger partial charge < -0.3 is 9.30 Å². The summed E-state index contributed by atoms with van der Waals surface area (Å²) in [5.74, 6) is 0. The highest BCUT2D eigenvalue weighted by Gasteiger charge is 2.13. The van der Waals surface area contributed by atoms with E-state index in [1.54, 1.807) is 18.5 Å². The lowest BCUT2D eigenvalue weighted by molar-refractivity contribution is -0.384. The second-order valence-electron chi connectivity index (χ2n) is 4.82. The van der Waals surface area contributed by atoms with E-state index in [2.05, 4.69) is 9.88 Å². The summed E-state index contributed by atoms with van der Waals surface area (Å²) in [6, 6.07) is 4.77. The summed E-state index contributed by atoms with van der Waals surface area (Å²) >= 11 is 0. The van der Waals surface area contributed by atoms with Gasteiger partial charge in [-0.2, -0.15) is 0 Å². The topological polar surface area (TPSA) is 73.4 Å². The number of nitro groups is 1. The summed E-state index contributed by atoms with van der Waals surface area (Å²) in [5, 5.41) is 10.8. The molecule has 2 heterocycles. The SMILES string of the molecule is O=[N+]([O-])c1ccc2ncn(CCN3CCOCC3)c2c1. The van der Waals surface area contributed by atoms with Crippen LogP contribution in [0.25, 0.3) is 11.0 Å². The van der Waals surface area contributed by atoms with E-state index in [0.29, 0.717) is 0 Å². The highest BCUT2D eigenvalue weighted by atomic mass is 16.6. The molecule has 7 heteroatoms. The van der Waals surface area contributed by atoms with Crippen LogP contribution < -0.4 is 0 Å². The second-order valence-corrected chi connectivity index (χ2v) is 4.82. The zero-order valence-corrected chi connectivity index (χ0v) is 11.1. The van der Waals surface area contributed by atoms with Gasteiger partial charge in [-0.05, 0) is 6.07 Å². The van der Waals surface area contributed by atoms with Crippen LogP contribution in [0.15, 0.2) is 24.5 Å². The maximum Gasteiger partial charge on any atom is 0.271 e. The van der Waals surface area contributed by atoms with Crippen molar-refractivity contribution in [3.8, 4) is 0 Å². The Morgan fingerprint density at radius 2 is 2.10 bits per heavy atom. The quantitative estimate of drug-likeness (QED) is 0.621. The molecule has 106 valence electrons. The number of aromatic nitrogens is 2. The lowest BCUT2D eigenvalue weighted by atomic mass is 10.3. The molecule has 1 aliphatic heterocycles. The number of imidazole rings is 1. The average Bonchev–Trinajstić information content (AvgIpc) is 2.88. The molecule has 0 bridgehead atoms. The van der Waals surface area contributed by atoms with E-state index in [9.17, 15) is 10.1 Å². The normalized spacial score (nSPS) is 16.6. The van der Waals surface area contributed by atoms with Crippen molar-refractivity contribution in [3.05, 3.63) is 34.6 Å². The monoisotopic (exact) mass is 276 g/mol. The Hall–Kier alpha value is -1.99. The summed E-state index contributed by atoms with van der Waals surface area (Å²) in [5.41, 5.74) is 1.70. The smallest absolute Gasteiger partial charge is 0.271 e. The van der Waals surface area contributed by atoms with Gasteiger partial charge in [0.2, 0.25) is 0 Å². The minimum Gasteiger partial charge on any atom is -0.379 e. The van der Waals surface area contributed by atoms with E-state index in [1.807, 2.05) is 4.57 Å². The largest absolute Gasteiger partial charge is 0.379 e. The molecule has 0 amide bonds. The zero-order valence-electron chi connectivity index (χ0n) is 11.1. The molecule has 3 rings (SSSR count). The van der Waals surface area contributed by atoms with Crippen molar-refractivity contribution in [1.29, 1.82) is 0 Å². The number of morpholine rings is 1. The highest BCUT2D eigenvalue weighted by Crippen LogP contribution is 2.19. The van der Waals surface area contributed by atoms with E-state index in [1.165, 1.54) is 6.07 Å². The lowest BCUT2D eigenvalue weighted by Gasteiger charge is -2.26. The number of non-ortho nitro benzene ring substituents is 1. The van der Waals surface area contributed by atoms with E-state index in [-0.39, 0.29) is 10.6 Å². The number of ether oxygens (including phenoxy) is 1. The van der Waals surface area contributed by atoms with Crippen LogP contribution in [0, 0.1) is 10.1 Å². The Balaban J connectivity index is 1.76. The molecule has 1 aromatic heterocycles. The maximum atomic E-state index is 10.8. The van der Waals surface area contributed by atoms with Crippen molar-refractivity contribution in [2.24, 2.45) is 0 Å². The molecule has 20 heavy (non-hydrogen) atoms. The van der Waals surface area contributed by atoms with E-state index in [0.717, 1.165) is 50.4 Å². The third-order valence-corrected chi connectivity index (χ3v) is 3.58. The van der Waals surface area contributed by atoms with Crippen LogP contribution in [0.3, 0.4) is 0 Å². The molecule has 0 N–H and O–H groups in total. The van der Waals surface area contributed by atoms with Crippen LogP contribution in [0.4, 0.5) is 5.69 Å². The van der Waals surface area contributed by atoms with Gasteiger partial charge in [-0.15, -0.1) is 0 Å². The van der Waals surface area contributed by atoms with Gasteiger partial charge in [-0.3, -0.25) is 15.0 Å². The number of nitrogens with zero attached hydrogens (tertiary/aromatic N) is 4. The number of fused-ring (bicyclic) bond motifs is 1. The van der Waals surface area contributed by atoms with Crippen LogP contribution in [-0.4, -0.2) is 52.2 Å². The molecule has 0 atom stereocenters. The Kier molecular flexibility index (Phi) is 3.62. The molecule has 0 spiro atoms. The van der Waals surface area contributed by atoms with Gasteiger partial charge >= 0.3 is 0 Å². The Morgan fingerprint density at radius 1 is 1.30 bits per heavy atom. The zero-order chi connectivity index (χ0) is 13.9. The highest BCUT2D eigenvalue weighted by molar-refractivity contribution is 5.77. The maximum absolute atomic E-state index is 10.8. The fourth-order valence-corrected chi connectivity index (χ4v) is 2.41. The Labute approximate surface area is 115 Å². The van der Waals surface area contributed by atoms with Crippen molar-refractivity contribution in [3.63, 3.8) is 0 Å². The van der Waals surface area contributed by atoms with E-state index >= 15 is 0 Å². The van der Waals surface area contributed by atoms with E-state index in [4.69, 9.17) is 4.74 Å². The molecule has 0 unspecified atom stereocenters. The lowest BCUT2D eigenvalue weighted by Crippen LogP contribution is -2.38. The summed E-state index contributed by atoms with van der Waals surface area (Å²) in [4.78, 5) is 17.1. The molecule has 2 aromatic rings. The number of hydrogen-bond donors (Lipinski definition) is 0. The molecule has 1 fully saturated rings. The van der Waals surface area contributed by atoms with Crippen LogP contribution in [0.1, 0.15) is 0 Å². The first kappa shape index (κ1) is 13.0. The van der Waals surface area contributed by atoms with Gasteiger partial charge in [0.25, 0.3) is 5.69 Å². The van der Waals surface area contributed by atoms with Gasteiger partial charge in [0.15, 0.2) is 0 Å². The first-order chi connectivity index (χ1) is 9.74. The summed E-state index contributed by atoms with van der Waals surface area (Å²) in [7, 11) is 0. The van der Waals surface area contributed by atoms with Gasteiger partial charge in [0.05, 0.1) is 35.5 Å². The summed E-state index contributed by atoms with van der Waals surface area (Å²) in [6.07, 6.45) is 1.74. The van der Waals surface area contributed by atoms with Crippen LogP contribution in [0.5, 0.6) is 0 Å². The van der Waals surface area contributed by atoms with Crippen molar-refractivity contribution in [1.82, 2.24) is 14.5 Å². The molecule has 1 aromatic carbocycles. The molecular formula is C13H16N4O3. The van der Waals surface area contributed by atoms with Crippen molar-refractivity contribution in [2.45, 2.75) is 6.54 Å². The Bertz CT molecular complexity index is 619. The number of nitro benzene ring substituents is 1. The van der Waals surface area contributed by atoms with Crippen molar-refractivity contribution < 1.29 is 9.66 Å². The second kappa shape index (κ2) is 5.56. The first-order valence-electron chi connectivity index (χ1n) is 6.63. The molecule has 0 radical (unpaired) electrons. The van der Waals surface area contributed by atoms with Crippen molar-refractivity contribution >= 4 is 16.7 Å². The predicted octanol–water partition coefficient (Wildman–Crippen LogP) is 1.28. The van der Waals surface area contributed by atoms with E-state index < -0.39 is 0 Å². The van der Waals surface area contributed by atoms with Gasteiger partial charge in [0.1, 0.15) is 0 Å². The summed E-state index contributed by atoms with van der Waals surface area (Å²) < 4.78 is 7.28. The van der Waals surface area contributed by atoms with Crippen LogP contribution in [-0.2, 0) is 11.3 Å². The molecule has 0 saturated carbocycles. The number of benzene rings is 1. The molecule has 0 aliphatic carbocycles. The average molecular weight is 276 g/mol. The molecule has 1 aliphatic rings. The van der Waals surface area contributed by atoms with Crippen molar-refractivity contribution in [2.75, 3.05) is 32.8 Å². The van der Waals surface area contributed by atoms with Gasteiger partial charge in [0, 0.05) is 38.3 Å². The fourth-order valence-electron chi connectivity index (χ4n) is 2.41. The number of rotatable bonds is 4. The van der Waals surface area contributed by atoms with Gasteiger partial charge in [-0.25, -0.2) is 4.98 Å². The fraction of sp³-hybridized carbons (Fsp3) is 0.462. The summed E-state index contributed by atoms with van der Waals surface area (Å²) in [6.45, 7) is 5.10. The molecule has 7 nitrogen and oxygen atoms in total. The first-order valence-corrected chi connectivity index (χ1v) is 6.63. The number of hydrogen-bond acceptors (Lipinski definition) is 5. The third kappa shape index (κ3) is 2.63. The van der Waals surface area contributed by atoms with Gasteiger partial charge in [-0.1, -0.05) is 0 Å². The Morgan fingerprint density at radius 3 is 2.85 bits per heavy atom. The molecular weight excluding hydrogens is 260 g/mol. The minimum absolute atomic E-state index is 0.102. The minimum atomic E-state index is -0.376. The van der Waals surface area contributed by atoms with Crippen LogP contribution in [0.2, 0.25) is 0 Å².